The zero-order valence-electron chi connectivity index (χ0n) is 12.3. The van der Waals surface area contributed by atoms with Gasteiger partial charge in [0, 0.05) is 5.92 Å². The van der Waals surface area contributed by atoms with Crippen molar-refractivity contribution < 1.29 is 19.1 Å². The van der Waals surface area contributed by atoms with E-state index in [0.717, 1.165) is 32.5 Å². The third-order valence-corrected chi connectivity index (χ3v) is 5.88. The molecular weight excluding hydrogens is 268 g/mol. The molecule has 4 rings (SSSR count). The molecule has 4 atom stereocenters. The summed E-state index contributed by atoms with van der Waals surface area (Å²) in [6.07, 6.45) is 7.71. The normalized spacial score (nSPS) is 42.0. The molecule has 2 aliphatic carbocycles. The van der Waals surface area contributed by atoms with Crippen LogP contribution in [0.4, 0.5) is 0 Å². The number of fused-ring (bicyclic) bond motifs is 2. The Labute approximate surface area is 124 Å². The molecule has 4 heteroatoms. The third-order valence-electron chi connectivity index (χ3n) is 5.88. The Kier molecular flexibility index (Phi) is 2.86. The summed E-state index contributed by atoms with van der Waals surface area (Å²) in [5.41, 5.74) is 2.60. The van der Waals surface area contributed by atoms with E-state index in [2.05, 4.69) is 19.1 Å². The Balaban J connectivity index is 1.78. The zero-order valence-corrected chi connectivity index (χ0v) is 12.3. The van der Waals surface area contributed by atoms with Crippen LogP contribution < -0.4 is 0 Å². The van der Waals surface area contributed by atoms with Gasteiger partial charge in [0.25, 0.3) is 0 Å². The quantitative estimate of drug-likeness (QED) is 0.549. The molecule has 0 aromatic heterocycles. The van der Waals surface area contributed by atoms with Crippen molar-refractivity contribution in [3.05, 3.63) is 23.3 Å². The lowest BCUT2D eigenvalue weighted by molar-refractivity contribution is -0.155. The van der Waals surface area contributed by atoms with Crippen LogP contribution in [0.2, 0.25) is 0 Å². The van der Waals surface area contributed by atoms with E-state index in [-0.39, 0.29) is 29.7 Å². The molecule has 2 heterocycles. The maximum Gasteiger partial charge on any atom is 0.317 e. The second-order valence-electron chi connectivity index (χ2n) is 6.98. The van der Waals surface area contributed by atoms with Crippen LogP contribution in [0.5, 0.6) is 0 Å². The van der Waals surface area contributed by atoms with E-state index in [0.29, 0.717) is 11.8 Å². The van der Waals surface area contributed by atoms with E-state index in [1.54, 1.807) is 0 Å². The predicted octanol–water partition coefficient (Wildman–Crippen LogP) is 2.40. The number of carbonyl (C=O) groups excluding carboxylic acids is 2. The highest BCUT2D eigenvalue weighted by atomic mass is 16.6. The van der Waals surface area contributed by atoms with E-state index in [9.17, 15) is 9.59 Å². The first kappa shape index (κ1) is 13.3. The fourth-order valence-electron chi connectivity index (χ4n) is 4.83. The molecule has 2 aliphatic heterocycles. The number of hydrogen-bond donors (Lipinski definition) is 0. The van der Waals surface area contributed by atoms with Crippen molar-refractivity contribution in [1.82, 2.24) is 0 Å². The largest absolute Gasteiger partial charge is 0.393 e. The van der Waals surface area contributed by atoms with Gasteiger partial charge < -0.3 is 9.47 Å². The number of ether oxygens (including phenoxy) is 2. The second-order valence-corrected chi connectivity index (χ2v) is 6.98. The van der Waals surface area contributed by atoms with Gasteiger partial charge >= 0.3 is 11.9 Å². The molecule has 0 bridgehead atoms. The van der Waals surface area contributed by atoms with Crippen molar-refractivity contribution in [2.45, 2.75) is 32.6 Å². The number of carbonyl (C=O) groups is 2. The van der Waals surface area contributed by atoms with Crippen LogP contribution >= 0.6 is 0 Å². The predicted molar refractivity (Wildman–Crippen MR) is 75.1 cm³/mol. The molecule has 0 saturated carbocycles. The van der Waals surface area contributed by atoms with E-state index < -0.39 is 0 Å². The summed E-state index contributed by atoms with van der Waals surface area (Å²) in [6, 6.07) is 0. The first-order valence-corrected chi connectivity index (χ1v) is 7.81. The summed E-state index contributed by atoms with van der Waals surface area (Å²) in [7, 11) is 0. The van der Waals surface area contributed by atoms with Gasteiger partial charge in [-0.05, 0) is 41.7 Å². The van der Waals surface area contributed by atoms with Gasteiger partial charge in [-0.15, -0.1) is 0 Å². The Morgan fingerprint density at radius 1 is 1.29 bits per heavy atom. The van der Waals surface area contributed by atoms with Gasteiger partial charge in [-0.1, -0.05) is 19.1 Å². The fourth-order valence-corrected chi connectivity index (χ4v) is 4.83. The van der Waals surface area contributed by atoms with Crippen molar-refractivity contribution in [3.63, 3.8) is 0 Å². The standard InChI is InChI=1S/C17H20O4/c1-17(14-6-15(18)21-16(14)19)7-10-8-20-9-12(10)11-4-2-3-5-13(11)17/h2,4,10,13-14H,3,5-9H2,1H3. The topological polar surface area (TPSA) is 52.6 Å². The highest BCUT2D eigenvalue weighted by Gasteiger charge is 2.55. The lowest BCUT2D eigenvalue weighted by atomic mass is 9.54. The molecule has 112 valence electrons. The second kappa shape index (κ2) is 4.54. The number of allylic oxidation sites excluding steroid dienone is 3. The summed E-state index contributed by atoms with van der Waals surface area (Å²) >= 11 is 0. The van der Waals surface area contributed by atoms with E-state index >= 15 is 0 Å². The van der Waals surface area contributed by atoms with Gasteiger partial charge in [0.15, 0.2) is 0 Å². The lowest BCUT2D eigenvalue weighted by Gasteiger charge is -2.48. The molecular formula is C17H20O4. The molecule has 4 unspecified atom stereocenters. The van der Waals surface area contributed by atoms with Gasteiger partial charge in [0.2, 0.25) is 0 Å². The fraction of sp³-hybridized carbons (Fsp3) is 0.647. The number of cyclic esters (lactones) is 2. The van der Waals surface area contributed by atoms with Crippen LogP contribution in [0.3, 0.4) is 0 Å². The maximum absolute atomic E-state index is 12.1. The molecule has 2 saturated heterocycles. The maximum atomic E-state index is 12.1. The minimum absolute atomic E-state index is 0.189. The van der Waals surface area contributed by atoms with Crippen molar-refractivity contribution in [2.75, 3.05) is 13.2 Å². The van der Waals surface area contributed by atoms with Crippen molar-refractivity contribution in [2.24, 2.45) is 23.2 Å². The molecule has 0 amide bonds. The third kappa shape index (κ3) is 1.85. The summed E-state index contributed by atoms with van der Waals surface area (Å²) in [6.45, 7) is 3.64. The minimum Gasteiger partial charge on any atom is -0.393 e. The van der Waals surface area contributed by atoms with Crippen molar-refractivity contribution in [3.8, 4) is 0 Å². The molecule has 0 spiro atoms. The van der Waals surface area contributed by atoms with Crippen LogP contribution in [-0.4, -0.2) is 25.2 Å². The zero-order chi connectivity index (χ0) is 14.6. The summed E-state index contributed by atoms with van der Waals surface area (Å²) in [5, 5.41) is 0. The van der Waals surface area contributed by atoms with Gasteiger partial charge in [-0.25, -0.2) is 0 Å². The van der Waals surface area contributed by atoms with E-state index in [1.807, 2.05) is 0 Å². The molecule has 4 aliphatic rings. The average Bonchev–Trinajstić information content (AvgIpc) is 3.05. The smallest absolute Gasteiger partial charge is 0.317 e. The van der Waals surface area contributed by atoms with Gasteiger partial charge in [0.1, 0.15) is 0 Å². The van der Waals surface area contributed by atoms with Gasteiger partial charge in [-0.3, -0.25) is 9.59 Å². The summed E-state index contributed by atoms with van der Waals surface area (Å²) in [4.78, 5) is 23.7. The van der Waals surface area contributed by atoms with Gasteiger partial charge in [-0.2, -0.15) is 0 Å². The summed E-state index contributed by atoms with van der Waals surface area (Å²) < 4.78 is 10.5. The molecule has 0 aromatic rings. The molecule has 4 nitrogen and oxygen atoms in total. The first-order chi connectivity index (χ1) is 10.1. The van der Waals surface area contributed by atoms with Crippen LogP contribution in [0.1, 0.15) is 32.6 Å². The number of esters is 2. The summed E-state index contributed by atoms with van der Waals surface area (Å²) in [5.74, 6) is -0.236. The van der Waals surface area contributed by atoms with E-state index in [1.165, 1.54) is 11.1 Å². The van der Waals surface area contributed by atoms with Crippen LogP contribution in [0, 0.1) is 23.2 Å². The average molecular weight is 288 g/mol. The molecule has 0 aromatic carbocycles. The Morgan fingerprint density at radius 3 is 2.90 bits per heavy atom. The Morgan fingerprint density at radius 2 is 2.14 bits per heavy atom. The molecule has 0 N–H and O–H groups in total. The highest BCUT2D eigenvalue weighted by Crippen LogP contribution is 2.57. The Bertz CT molecular complexity index is 573. The highest BCUT2D eigenvalue weighted by molar-refractivity contribution is 5.95. The van der Waals surface area contributed by atoms with Crippen LogP contribution in [0.25, 0.3) is 0 Å². The monoisotopic (exact) mass is 288 g/mol. The number of hydrogen-bond acceptors (Lipinski definition) is 4. The van der Waals surface area contributed by atoms with E-state index in [4.69, 9.17) is 9.47 Å². The molecule has 0 radical (unpaired) electrons. The van der Waals surface area contributed by atoms with Crippen molar-refractivity contribution in [1.29, 1.82) is 0 Å². The first-order valence-electron chi connectivity index (χ1n) is 7.81. The molecule has 21 heavy (non-hydrogen) atoms. The lowest BCUT2D eigenvalue weighted by Crippen LogP contribution is -2.44. The van der Waals surface area contributed by atoms with Gasteiger partial charge in [0.05, 0.1) is 25.6 Å². The Hall–Kier alpha value is -1.42. The minimum atomic E-state index is -0.364. The molecule has 2 fully saturated rings. The SMILES string of the molecule is CC1(C2CC(=O)OC2=O)CC2COCC2=C2C=CCCC21. The van der Waals surface area contributed by atoms with Crippen LogP contribution in [-0.2, 0) is 19.1 Å². The van der Waals surface area contributed by atoms with Crippen LogP contribution in [0.15, 0.2) is 23.3 Å². The number of rotatable bonds is 1. The van der Waals surface area contributed by atoms with Crippen molar-refractivity contribution >= 4 is 11.9 Å².